The van der Waals surface area contributed by atoms with Gasteiger partial charge in [-0.2, -0.15) is 0 Å². The highest BCUT2D eigenvalue weighted by Crippen LogP contribution is 2.42. The molecule has 2 aromatic carbocycles. The van der Waals surface area contributed by atoms with Crippen LogP contribution in [0.5, 0.6) is 5.75 Å². The Morgan fingerprint density at radius 3 is 2.44 bits per heavy atom. The van der Waals surface area contributed by atoms with Crippen LogP contribution in [-0.2, 0) is 17.6 Å². The van der Waals surface area contributed by atoms with Gasteiger partial charge in [0.25, 0.3) is 0 Å². The summed E-state index contributed by atoms with van der Waals surface area (Å²) in [6, 6.07) is 9.06. The summed E-state index contributed by atoms with van der Waals surface area (Å²) >= 11 is 0. The second-order valence-electron chi connectivity index (χ2n) is 8.28. The highest BCUT2D eigenvalue weighted by molar-refractivity contribution is 6.05. The third kappa shape index (κ3) is 5.35. The van der Waals surface area contributed by atoms with Crippen LogP contribution in [0.1, 0.15) is 52.0 Å². The molecule has 2 amide bonds. The molecule has 0 bridgehead atoms. The molecule has 0 radical (unpaired) electrons. The third-order valence-electron chi connectivity index (χ3n) is 5.94. The second-order valence-corrected chi connectivity index (χ2v) is 8.28. The van der Waals surface area contributed by atoms with E-state index >= 15 is 0 Å². The zero-order chi connectivity index (χ0) is 26.6. The molecule has 0 saturated carbocycles. The number of nitrogen functional groups attached to an aromatic ring is 1. The molecule has 3 aromatic rings. The minimum Gasteiger partial charge on any atom is -0.492 e. The topological polar surface area (TPSA) is 134 Å². The number of anilines is 1. The molecule has 2 heterocycles. The number of carbonyl (C=O) groups excluding carboxylic acids is 2. The van der Waals surface area contributed by atoms with E-state index in [1.165, 1.54) is 24.3 Å². The molecule has 36 heavy (non-hydrogen) atoms. The fraction of sp³-hybridized carbons (Fsp3) is 0.222. The number of amides is 2. The van der Waals surface area contributed by atoms with Crippen LogP contribution in [0.3, 0.4) is 0 Å². The maximum atomic E-state index is 14.2. The Morgan fingerprint density at radius 2 is 1.83 bits per heavy atom. The molecule has 0 unspecified atom stereocenters. The van der Waals surface area contributed by atoms with Crippen LogP contribution >= 0.6 is 0 Å². The highest BCUT2D eigenvalue weighted by Gasteiger charge is 2.28. The fourth-order valence-corrected chi connectivity index (χ4v) is 4.02. The van der Waals surface area contributed by atoms with E-state index in [1.54, 1.807) is 32.2 Å². The number of hydrogen-bond acceptors (Lipinski definition) is 5. The van der Waals surface area contributed by atoms with Crippen LogP contribution in [0.25, 0.3) is 5.57 Å². The lowest BCUT2D eigenvalue weighted by Crippen LogP contribution is -2.15. The van der Waals surface area contributed by atoms with E-state index in [4.69, 9.17) is 21.9 Å². The number of halogens is 2. The number of carbonyl (C=O) groups is 2. The number of ether oxygens (including phenoxy) is 1. The molecule has 0 aliphatic carbocycles. The predicted octanol–water partition coefficient (Wildman–Crippen LogP) is 3.84. The molecule has 1 aliphatic rings. The zero-order valence-corrected chi connectivity index (χ0v) is 20.3. The van der Waals surface area contributed by atoms with Gasteiger partial charge in [0.05, 0.1) is 6.61 Å². The van der Waals surface area contributed by atoms with E-state index in [-0.39, 0.29) is 17.5 Å². The summed E-state index contributed by atoms with van der Waals surface area (Å²) in [5, 5.41) is 0. The highest BCUT2D eigenvalue weighted by atomic mass is 19.1. The first kappa shape index (κ1) is 26.3. The molecule has 4 rings (SSSR count). The van der Waals surface area contributed by atoms with Gasteiger partial charge in [-0.05, 0) is 67.8 Å². The van der Waals surface area contributed by atoms with Crippen molar-refractivity contribution in [1.82, 2.24) is 4.98 Å². The van der Waals surface area contributed by atoms with Crippen LogP contribution in [-0.4, -0.2) is 23.4 Å². The van der Waals surface area contributed by atoms with Crippen molar-refractivity contribution in [2.24, 2.45) is 11.5 Å². The normalized spacial score (nSPS) is 12.6. The largest absolute Gasteiger partial charge is 0.492 e. The average Bonchev–Trinajstić information content (AvgIpc) is 3.33. The summed E-state index contributed by atoms with van der Waals surface area (Å²) in [6.07, 6.45) is 2.61. The second kappa shape index (κ2) is 11.0. The number of aryl methyl sites for hydroxylation is 2. The van der Waals surface area contributed by atoms with Gasteiger partial charge in [-0.25, -0.2) is 13.8 Å². The molecule has 9 heteroatoms. The van der Waals surface area contributed by atoms with Crippen molar-refractivity contribution >= 4 is 23.2 Å². The number of pyridine rings is 1. The van der Waals surface area contributed by atoms with Gasteiger partial charge in [0.2, 0.25) is 11.8 Å². The summed E-state index contributed by atoms with van der Waals surface area (Å²) in [5.41, 5.74) is 20.6. The van der Waals surface area contributed by atoms with Crippen molar-refractivity contribution in [3.8, 4) is 5.75 Å². The SMILES string of the molecule is C/C(C(N)=O)=C(/c1cccnc1N)c1c(C)cc(F)c2c1OCC2.CCc1cc(C(N)=O)ccc1F. The number of rotatable bonds is 5. The molecule has 0 saturated heterocycles. The minimum absolute atomic E-state index is 0.267. The lowest BCUT2D eigenvalue weighted by molar-refractivity contribution is -0.114. The van der Waals surface area contributed by atoms with Gasteiger partial charge in [-0.15, -0.1) is 0 Å². The standard InChI is InChI=1S/C18H18FN3O2.C9H10FNO/c1-9-8-13(19)11-5-7-24-16(11)14(9)15(10(2)18(21)23)12-4-3-6-22-17(12)20;1-2-6-5-7(9(11)12)3-4-8(6)10/h3-4,6,8H,5,7H2,1-2H3,(H2,20,22)(H2,21,23);3-5H,2H2,1H3,(H2,11,12)/b15-10+;. The van der Waals surface area contributed by atoms with Crippen molar-refractivity contribution in [3.63, 3.8) is 0 Å². The van der Waals surface area contributed by atoms with E-state index in [0.29, 0.717) is 69.7 Å². The molecule has 7 nitrogen and oxygen atoms in total. The fourth-order valence-electron chi connectivity index (χ4n) is 4.02. The Balaban J connectivity index is 0.000000253. The van der Waals surface area contributed by atoms with Crippen LogP contribution in [0.15, 0.2) is 48.2 Å². The Bertz CT molecular complexity index is 1370. The van der Waals surface area contributed by atoms with Gasteiger partial charge < -0.3 is 21.9 Å². The Labute approximate surface area is 208 Å². The minimum atomic E-state index is -0.580. The van der Waals surface area contributed by atoms with Crippen molar-refractivity contribution in [2.45, 2.75) is 33.6 Å². The summed E-state index contributed by atoms with van der Waals surface area (Å²) in [5.74, 6) is -0.982. The van der Waals surface area contributed by atoms with Crippen molar-refractivity contribution in [1.29, 1.82) is 0 Å². The van der Waals surface area contributed by atoms with Crippen molar-refractivity contribution < 1.29 is 23.1 Å². The monoisotopic (exact) mass is 494 g/mol. The maximum Gasteiger partial charge on any atom is 0.248 e. The van der Waals surface area contributed by atoms with Gasteiger partial charge in [-0.1, -0.05) is 6.92 Å². The van der Waals surface area contributed by atoms with E-state index in [2.05, 4.69) is 4.98 Å². The third-order valence-corrected chi connectivity index (χ3v) is 5.94. The number of aromatic nitrogens is 1. The van der Waals surface area contributed by atoms with E-state index in [9.17, 15) is 18.4 Å². The molecule has 188 valence electrons. The molecule has 0 fully saturated rings. The number of nitrogens with two attached hydrogens (primary N) is 3. The van der Waals surface area contributed by atoms with Crippen molar-refractivity contribution in [2.75, 3.05) is 12.3 Å². The Morgan fingerprint density at radius 1 is 1.11 bits per heavy atom. The Kier molecular flexibility index (Phi) is 8.03. The first-order valence-corrected chi connectivity index (χ1v) is 11.3. The molecule has 1 aliphatic heterocycles. The molecule has 0 atom stereocenters. The van der Waals surface area contributed by atoms with Crippen LogP contribution < -0.4 is 21.9 Å². The predicted molar refractivity (Wildman–Crippen MR) is 134 cm³/mol. The van der Waals surface area contributed by atoms with Crippen LogP contribution in [0.2, 0.25) is 0 Å². The zero-order valence-electron chi connectivity index (χ0n) is 20.3. The van der Waals surface area contributed by atoms with E-state index in [0.717, 1.165) is 0 Å². The summed E-state index contributed by atoms with van der Waals surface area (Å²) in [7, 11) is 0. The lowest BCUT2D eigenvalue weighted by Gasteiger charge is -2.18. The van der Waals surface area contributed by atoms with Crippen LogP contribution in [0.4, 0.5) is 14.6 Å². The molecule has 6 N–H and O–H groups in total. The number of primary amides is 2. The number of fused-ring (bicyclic) bond motifs is 1. The first-order chi connectivity index (χ1) is 17.1. The van der Waals surface area contributed by atoms with Gasteiger partial charge in [0.15, 0.2) is 0 Å². The molecular formula is C27H28F2N4O3. The van der Waals surface area contributed by atoms with Gasteiger partial charge in [0, 0.05) is 46.0 Å². The Hall–Kier alpha value is -4.27. The van der Waals surface area contributed by atoms with Gasteiger partial charge >= 0.3 is 0 Å². The summed E-state index contributed by atoms with van der Waals surface area (Å²) < 4.78 is 32.8. The first-order valence-electron chi connectivity index (χ1n) is 11.3. The lowest BCUT2D eigenvalue weighted by atomic mass is 9.88. The number of benzene rings is 2. The molecular weight excluding hydrogens is 466 g/mol. The van der Waals surface area contributed by atoms with Gasteiger partial charge in [-0.3, -0.25) is 9.59 Å². The van der Waals surface area contributed by atoms with Crippen LogP contribution in [0, 0.1) is 18.6 Å². The van der Waals surface area contributed by atoms with E-state index in [1.807, 2.05) is 6.92 Å². The quantitative estimate of drug-likeness (QED) is 0.463. The van der Waals surface area contributed by atoms with E-state index < -0.39 is 11.8 Å². The summed E-state index contributed by atoms with van der Waals surface area (Å²) in [4.78, 5) is 26.6. The molecule has 0 spiro atoms. The molecule has 1 aromatic heterocycles. The maximum absolute atomic E-state index is 14.2. The van der Waals surface area contributed by atoms with Crippen molar-refractivity contribution in [3.05, 3.63) is 93.2 Å². The smallest absolute Gasteiger partial charge is 0.248 e. The average molecular weight is 495 g/mol. The summed E-state index contributed by atoms with van der Waals surface area (Å²) in [6.45, 7) is 5.60. The number of nitrogens with zero attached hydrogens (tertiary/aromatic N) is 1. The number of hydrogen-bond donors (Lipinski definition) is 3. The van der Waals surface area contributed by atoms with Gasteiger partial charge in [0.1, 0.15) is 23.2 Å².